The molecule has 0 bridgehead atoms. The second-order valence-electron chi connectivity index (χ2n) is 13.1. The summed E-state index contributed by atoms with van der Waals surface area (Å²) in [5.74, 6) is -6.51. The lowest BCUT2D eigenvalue weighted by Crippen LogP contribution is -2.64. The predicted octanol–water partition coefficient (Wildman–Crippen LogP) is 1.60. The van der Waals surface area contributed by atoms with Gasteiger partial charge in [0.05, 0.1) is 12.0 Å². The van der Waals surface area contributed by atoms with E-state index in [0.29, 0.717) is 11.3 Å². The number of anilines is 1. The molecular weight excluding hydrogens is 788 g/mol. The van der Waals surface area contributed by atoms with Crippen LogP contribution in [0.15, 0.2) is 48.5 Å². The average molecular weight is 833 g/mol. The fourth-order valence-electron chi connectivity index (χ4n) is 5.33. The average Bonchev–Trinajstić information content (AvgIpc) is 3.16. The van der Waals surface area contributed by atoms with Gasteiger partial charge < -0.3 is 53.8 Å². The smallest absolute Gasteiger partial charge is 0.467 e. The number of benzene rings is 2. The number of carbonyl (C=O) groups is 8. The number of rotatable bonds is 17. The molecule has 0 radical (unpaired) electrons. The molecule has 1 aliphatic heterocycles. The van der Waals surface area contributed by atoms with Crippen LogP contribution < -0.4 is 20.7 Å². The number of hydrogen-bond acceptors (Lipinski definition) is 18. The number of nitrogens with zero attached hydrogens (tertiary/aromatic N) is 1. The lowest BCUT2D eigenvalue weighted by atomic mass is 9.97. The minimum Gasteiger partial charge on any atom is -0.467 e. The first-order valence-corrected chi connectivity index (χ1v) is 17.7. The third-order valence-electron chi connectivity index (χ3n) is 8.06. The van der Waals surface area contributed by atoms with Crippen molar-refractivity contribution >= 4 is 59.1 Å². The molecule has 0 aromatic heterocycles. The number of non-ortho nitro benzene ring substituents is 1. The maximum atomic E-state index is 13.3. The summed E-state index contributed by atoms with van der Waals surface area (Å²) in [7, 11) is 1.01. The van der Waals surface area contributed by atoms with Gasteiger partial charge in [0.25, 0.3) is 5.69 Å². The first-order chi connectivity index (χ1) is 27.8. The fraction of sp³-hybridized carbons (Fsp3) is 0.459. The molecule has 2 aromatic carbocycles. The van der Waals surface area contributed by atoms with E-state index in [-0.39, 0.29) is 18.0 Å². The number of esters is 4. The van der Waals surface area contributed by atoms with Gasteiger partial charge in [-0.3, -0.25) is 38.9 Å². The molecule has 0 aliphatic carbocycles. The molecule has 0 unspecified atom stereocenters. The summed E-state index contributed by atoms with van der Waals surface area (Å²) in [6.07, 6.45) is -9.50. The van der Waals surface area contributed by atoms with Gasteiger partial charge in [-0.05, 0) is 42.7 Å². The van der Waals surface area contributed by atoms with Crippen LogP contribution in [0.5, 0.6) is 5.75 Å². The number of nitro benzene ring substituents is 1. The van der Waals surface area contributed by atoms with E-state index in [4.69, 9.17) is 37.9 Å². The van der Waals surface area contributed by atoms with E-state index in [0.717, 1.165) is 27.9 Å². The van der Waals surface area contributed by atoms with E-state index >= 15 is 0 Å². The second-order valence-corrected chi connectivity index (χ2v) is 13.1. The summed E-state index contributed by atoms with van der Waals surface area (Å²) in [6.45, 7) is 6.64. The molecule has 3 amide bonds. The van der Waals surface area contributed by atoms with Gasteiger partial charge in [-0.2, -0.15) is 0 Å². The monoisotopic (exact) mass is 832 g/mol. The van der Waals surface area contributed by atoms with E-state index in [1.165, 1.54) is 43.3 Å². The molecule has 1 aliphatic rings. The van der Waals surface area contributed by atoms with E-state index in [9.17, 15) is 48.5 Å². The summed E-state index contributed by atoms with van der Waals surface area (Å²) in [5, 5.41) is 18.4. The first-order valence-electron chi connectivity index (χ1n) is 17.7. The number of carbonyl (C=O) groups excluding carboxylic acids is 8. The predicted molar refractivity (Wildman–Crippen MR) is 197 cm³/mol. The summed E-state index contributed by atoms with van der Waals surface area (Å²) in [5.41, 5.74) is 0.684. The van der Waals surface area contributed by atoms with Crippen molar-refractivity contribution in [1.29, 1.82) is 0 Å². The Bertz CT molecular complexity index is 1870. The van der Waals surface area contributed by atoms with Crippen LogP contribution in [0, 0.1) is 16.0 Å². The zero-order chi connectivity index (χ0) is 44.0. The van der Waals surface area contributed by atoms with Crippen molar-refractivity contribution in [1.82, 2.24) is 10.6 Å². The molecule has 22 nitrogen and oxygen atoms in total. The zero-order valence-electron chi connectivity index (χ0n) is 32.9. The maximum Gasteiger partial charge on any atom is 0.514 e. The molecule has 0 saturated carbocycles. The Morgan fingerprint density at radius 2 is 1.36 bits per heavy atom. The Morgan fingerprint density at radius 3 is 1.90 bits per heavy atom. The molecule has 320 valence electrons. The summed E-state index contributed by atoms with van der Waals surface area (Å²) >= 11 is 0. The van der Waals surface area contributed by atoms with Crippen molar-refractivity contribution in [3.8, 4) is 5.75 Å². The highest BCUT2D eigenvalue weighted by atomic mass is 16.7. The van der Waals surface area contributed by atoms with Crippen molar-refractivity contribution in [2.75, 3.05) is 19.0 Å². The first kappa shape index (κ1) is 46.7. The van der Waals surface area contributed by atoms with Gasteiger partial charge in [-0.25, -0.2) is 9.59 Å². The quantitative estimate of drug-likeness (QED) is 0.0670. The Labute approximate surface area is 336 Å². The molecule has 7 atom stereocenters. The minimum absolute atomic E-state index is 0.0440. The van der Waals surface area contributed by atoms with Crippen LogP contribution in [0.25, 0.3) is 0 Å². The van der Waals surface area contributed by atoms with E-state index < -0.39 is 108 Å². The highest BCUT2D eigenvalue weighted by Crippen LogP contribution is 2.30. The van der Waals surface area contributed by atoms with Crippen LogP contribution in [0.1, 0.15) is 47.1 Å². The summed E-state index contributed by atoms with van der Waals surface area (Å²) in [4.78, 5) is 110. The Balaban J connectivity index is 1.58. The van der Waals surface area contributed by atoms with Crippen molar-refractivity contribution in [2.45, 2.75) is 90.9 Å². The van der Waals surface area contributed by atoms with Crippen LogP contribution in [0.4, 0.5) is 16.2 Å². The Kier molecular flexibility index (Phi) is 17.2. The molecular formula is C37H44N4O18. The van der Waals surface area contributed by atoms with Crippen LogP contribution in [0.2, 0.25) is 0 Å². The number of amides is 3. The van der Waals surface area contributed by atoms with Crippen molar-refractivity contribution in [2.24, 2.45) is 5.92 Å². The lowest BCUT2D eigenvalue weighted by molar-refractivity contribution is -0.384. The zero-order valence-corrected chi connectivity index (χ0v) is 32.9. The summed E-state index contributed by atoms with van der Waals surface area (Å²) < 4.78 is 41.7. The topological polar surface area (TPSA) is 290 Å². The van der Waals surface area contributed by atoms with Gasteiger partial charge in [0, 0.05) is 38.6 Å². The van der Waals surface area contributed by atoms with Gasteiger partial charge >= 0.3 is 30.0 Å². The van der Waals surface area contributed by atoms with Gasteiger partial charge in [-0.1, -0.05) is 26.0 Å². The highest BCUT2D eigenvalue weighted by Gasteiger charge is 2.55. The molecule has 59 heavy (non-hydrogen) atoms. The molecule has 2 aromatic rings. The molecule has 3 rings (SSSR count). The number of hydrogen-bond donors (Lipinski definition) is 3. The SMILES string of the molecule is COC(=O)[C@H]1O[C@@H](OCC(=O)N[C@H](C(=O)N[C@@H](C)C(=O)Nc2ccc(COC(=O)Oc3ccc([N+](=O)[O-])cc3)cc2)C(C)C)[C@H](OC(C)=O)[C@@H](OC(C)=O)[C@@H]1OC(C)=O. The molecule has 3 N–H and O–H groups in total. The lowest BCUT2D eigenvalue weighted by Gasteiger charge is -2.43. The van der Waals surface area contributed by atoms with Gasteiger partial charge in [0.1, 0.15) is 31.0 Å². The van der Waals surface area contributed by atoms with E-state index in [1.807, 2.05) is 0 Å². The standard InChI is InChI=1S/C37H44N4O18/c1-18(2)28(40-27(45)17-53-36-32(57-22(6)44)30(56-21(5)43)29(55-20(4)42)31(59-36)35(48)52-7)34(47)38-19(3)33(46)39-24-10-8-23(9-11-24)16-54-37(49)58-26-14-12-25(13-15-26)41(50)51/h8-15,18-19,28-32,36H,16-17H2,1-7H3,(H,38,47)(H,39,46)(H,40,45)/t19-,28-,29-,30-,31-,32+,36+/m0/s1. The van der Waals surface area contributed by atoms with Gasteiger partial charge in [0.15, 0.2) is 30.7 Å². The molecule has 0 spiro atoms. The maximum absolute atomic E-state index is 13.3. The van der Waals surface area contributed by atoms with Crippen LogP contribution in [0.3, 0.4) is 0 Å². The Hall–Kier alpha value is -6.68. The van der Waals surface area contributed by atoms with Crippen LogP contribution in [-0.2, 0) is 73.3 Å². The second kappa shape index (κ2) is 21.7. The Morgan fingerprint density at radius 1 is 0.780 bits per heavy atom. The number of nitrogens with one attached hydrogen (secondary N) is 3. The van der Waals surface area contributed by atoms with Crippen molar-refractivity contribution in [3.63, 3.8) is 0 Å². The number of ether oxygens (including phenoxy) is 8. The highest BCUT2D eigenvalue weighted by molar-refractivity contribution is 5.98. The van der Waals surface area contributed by atoms with E-state index in [2.05, 4.69) is 16.0 Å². The van der Waals surface area contributed by atoms with Crippen molar-refractivity contribution < 1.29 is 81.2 Å². The molecule has 22 heteroatoms. The minimum atomic E-state index is -1.76. The normalized spacial score (nSPS) is 19.4. The number of nitro groups is 1. The third kappa shape index (κ3) is 14.3. The molecule has 1 fully saturated rings. The molecule has 1 saturated heterocycles. The fourth-order valence-corrected chi connectivity index (χ4v) is 5.33. The third-order valence-corrected chi connectivity index (χ3v) is 8.06. The van der Waals surface area contributed by atoms with Crippen LogP contribution >= 0.6 is 0 Å². The van der Waals surface area contributed by atoms with Crippen molar-refractivity contribution in [3.05, 3.63) is 64.2 Å². The van der Waals surface area contributed by atoms with Gasteiger partial charge in [0.2, 0.25) is 17.7 Å². The van der Waals surface area contributed by atoms with Gasteiger partial charge in [-0.15, -0.1) is 0 Å². The number of methoxy groups -OCH3 is 1. The molecule has 1 heterocycles. The van der Waals surface area contributed by atoms with E-state index in [1.54, 1.807) is 26.0 Å². The summed E-state index contributed by atoms with van der Waals surface area (Å²) in [6, 6.07) is 8.67. The largest absolute Gasteiger partial charge is 0.514 e. The van der Waals surface area contributed by atoms with Crippen LogP contribution in [-0.4, -0.2) is 109 Å².